The number of ether oxygens (including phenoxy) is 1. The summed E-state index contributed by atoms with van der Waals surface area (Å²) < 4.78 is 60.6. The molecule has 29 heavy (non-hydrogen) atoms. The Bertz CT molecular complexity index is 1210. The Morgan fingerprint density at radius 2 is 1.34 bits per heavy atom. The summed E-state index contributed by atoms with van der Waals surface area (Å²) in [4.78, 5) is 0.0219. The quantitative estimate of drug-likeness (QED) is 0.594. The predicted molar refractivity (Wildman–Crippen MR) is 112 cm³/mol. The number of sulfonamides is 2. The second kappa shape index (κ2) is 8.14. The van der Waals surface area contributed by atoms with Gasteiger partial charge in [-0.1, -0.05) is 24.3 Å². The van der Waals surface area contributed by atoms with E-state index < -0.39 is 20.0 Å². The lowest BCUT2D eigenvalue weighted by atomic mass is 10.2. The summed E-state index contributed by atoms with van der Waals surface area (Å²) in [5, 5.41) is 0. The van der Waals surface area contributed by atoms with E-state index >= 15 is 0 Å². The first-order valence-electron chi connectivity index (χ1n) is 8.57. The zero-order valence-electron chi connectivity index (χ0n) is 15.8. The van der Waals surface area contributed by atoms with Crippen molar-refractivity contribution in [2.75, 3.05) is 16.6 Å². The summed E-state index contributed by atoms with van der Waals surface area (Å²) in [7, 11) is -6.24. The largest absolute Gasteiger partial charge is 0.497 e. The number of hydrogen-bond donors (Lipinski definition) is 2. The van der Waals surface area contributed by atoms with E-state index in [1.165, 1.54) is 31.4 Å². The van der Waals surface area contributed by atoms with Crippen LogP contribution in [0.4, 0.5) is 11.4 Å². The summed E-state index contributed by atoms with van der Waals surface area (Å²) in [6.07, 6.45) is 0. The molecule has 0 aliphatic heterocycles. The number of anilines is 2. The molecule has 0 heterocycles. The molecular formula is C20H20N2O5S2. The van der Waals surface area contributed by atoms with Crippen LogP contribution in [0.3, 0.4) is 0 Å². The highest BCUT2D eigenvalue weighted by Crippen LogP contribution is 2.25. The Labute approximate surface area is 170 Å². The van der Waals surface area contributed by atoms with Gasteiger partial charge in [-0.05, 0) is 61.0 Å². The van der Waals surface area contributed by atoms with Crippen molar-refractivity contribution in [3.63, 3.8) is 0 Å². The van der Waals surface area contributed by atoms with Gasteiger partial charge in [0.15, 0.2) is 0 Å². The van der Waals surface area contributed by atoms with Gasteiger partial charge >= 0.3 is 0 Å². The molecule has 0 aliphatic rings. The third-order valence-corrected chi connectivity index (χ3v) is 6.92. The first-order chi connectivity index (χ1) is 13.7. The summed E-state index contributed by atoms with van der Waals surface area (Å²) in [6.45, 7) is 1.69. The molecule has 9 heteroatoms. The SMILES string of the molecule is COc1ccc(NS(=O)(=O)c2ccc(C)c(NS(=O)(=O)c3ccccc3)c2)cc1. The van der Waals surface area contributed by atoms with E-state index in [9.17, 15) is 16.8 Å². The summed E-state index contributed by atoms with van der Waals surface area (Å²) in [5.74, 6) is 0.598. The van der Waals surface area contributed by atoms with E-state index in [0.29, 0.717) is 17.0 Å². The highest BCUT2D eigenvalue weighted by Gasteiger charge is 2.19. The van der Waals surface area contributed by atoms with Crippen LogP contribution in [-0.2, 0) is 20.0 Å². The van der Waals surface area contributed by atoms with Gasteiger partial charge in [0.2, 0.25) is 0 Å². The van der Waals surface area contributed by atoms with Crippen LogP contribution in [0, 0.1) is 6.92 Å². The maximum absolute atomic E-state index is 12.7. The Morgan fingerprint density at radius 3 is 1.97 bits per heavy atom. The zero-order valence-corrected chi connectivity index (χ0v) is 17.4. The van der Waals surface area contributed by atoms with E-state index in [1.54, 1.807) is 55.5 Å². The van der Waals surface area contributed by atoms with Gasteiger partial charge in [-0.3, -0.25) is 9.44 Å². The Hall–Kier alpha value is -3.04. The minimum atomic E-state index is -3.92. The van der Waals surface area contributed by atoms with Crippen LogP contribution in [-0.4, -0.2) is 23.9 Å². The van der Waals surface area contributed by atoms with Crippen LogP contribution in [0.15, 0.2) is 82.6 Å². The monoisotopic (exact) mass is 432 g/mol. The maximum atomic E-state index is 12.7. The number of aryl methyl sites for hydroxylation is 1. The second-order valence-electron chi connectivity index (χ2n) is 6.23. The van der Waals surface area contributed by atoms with Crippen LogP contribution in [0.5, 0.6) is 5.75 Å². The predicted octanol–water partition coefficient (Wildman–Crippen LogP) is 3.61. The smallest absolute Gasteiger partial charge is 0.261 e. The third-order valence-electron chi connectivity index (χ3n) is 4.16. The molecule has 0 radical (unpaired) electrons. The number of nitrogens with one attached hydrogen (secondary N) is 2. The van der Waals surface area contributed by atoms with Crippen molar-refractivity contribution in [3.05, 3.63) is 78.4 Å². The van der Waals surface area contributed by atoms with Crippen molar-refractivity contribution in [1.29, 1.82) is 0 Å². The molecule has 0 saturated heterocycles. The molecule has 3 aromatic carbocycles. The van der Waals surface area contributed by atoms with Crippen molar-refractivity contribution < 1.29 is 21.6 Å². The highest BCUT2D eigenvalue weighted by atomic mass is 32.2. The van der Waals surface area contributed by atoms with Gasteiger partial charge in [0.05, 0.1) is 22.6 Å². The molecule has 0 aromatic heterocycles. The topological polar surface area (TPSA) is 102 Å². The molecule has 0 atom stereocenters. The molecule has 152 valence electrons. The maximum Gasteiger partial charge on any atom is 0.261 e. The lowest BCUT2D eigenvalue weighted by molar-refractivity contribution is 0.415. The van der Waals surface area contributed by atoms with Gasteiger partial charge in [-0.25, -0.2) is 16.8 Å². The molecule has 0 unspecified atom stereocenters. The van der Waals surface area contributed by atoms with Gasteiger partial charge in [-0.15, -0.1) is 0 Å². The second-order valence-corrected chi connectivity index (χ2v) is 9.59. The molecule has 0 aliphatic carbocycles. The van der Waals surface area contributed by atoms with Crippen molar-refractivity contribution in [2.24, 2.45) is 0 Å². The van der Waals surface area contributed by atoms with E-state index in [1.807, 2.05) is 0 Å². The number of hydrogen-bond acceptors (Lipinski definition) is 5. The van der Waals surface area contributed by atoms with E-state index in [-0.39, 0.29) is 15.5 Å². The van der Waals surface area contributed by atoms with Crippen molar-refractivity contribution in [2.45, 2.75) is 16.7 Å². The van der Waals surface area contributed by atoms with Gasteiger partial charge in [0, 0.05) is 5.69 Å². The van der Waals surface area contributed by atoms with Gasteiger partial charge in [0.1, 0.15) is 5.75 Å². The molecule has 3 aromatic rings. The Morgan fingerprint density at radius 1 is 0.724 bits per heavy atom. The first-order valence-corrected chi connectivity index (χ1v) is 11.5. The van der Waals surface area contributed by atoms with Crippen molar-refractivity contribution in [3.8, 4) is 5.75 Å². The molecule has 0 fully saturated rings. The van der Waals surface area contributed by atoms with E-state index in [0.717, 1.165) is 0 Å². The summed E-state index contributed by atoms with van der Waals surface area (Å²) in [5.41, 5.74) is 1.14. The van der Waals surface area contributed by atoms with Crippen LogP contribution >= 0.6 is 0 Å². The normalized spacial score (nSPS) is 11.7. The number of rotatable bonds is 7. The number of methoxy groups -OCH3 is 1. The van der Waals surface area contributed by atoms with Gasteiger partial charge < -0.3 is 4.74 Å². The van der Waals surface area contributed by atoms with Crippen LogP contribution in [0.1, 0.15) is 5.56 Å². The van der Waals surface area contributed by atoms with Crippen LogP contribution in [0.2, 0.25) is 0 Å². The summed E-state index contributed by atoms with van der Waals surface area (Å²) >= 11 is 0. The lowest BCUT2D eigenvalue weighted by Crippen LogP contribution is -2.16. The Kier molecular flexibility index (Phi) is 5.81. The number of benzene rings is 3. The zero-order chi connectivity index (χ0) is 21.1. The minimum absolute atomic E-state index is 0.0651. The average Bonchev–Trinajstić information content (AvgIpc) is 2.70. The van der Waals surface area contributed by atoms with Crippen LogP contribution in [0.25, 0.3) is 0 Å². The molecule has 3 rings (SSSR count). The molecular weight excluding hydrogens is 412 g/mol. The van der Waals surface area contributed by atoms with E-state index in [4.69, 9.17) is 4.74 Å². The van der Waals surface area contributed by atoms with Crippen LogP contribution < -0.4 is 14.2 Å². The van der Waals surface area contributed by atoms with Gasteiger partial charge in [0.25, 0.3) is 20.0 Å². The van der Waals surface area contributed by atoms with E-state index in [2.05, 4.69) is 9.44 Å². The molecule has 0 amide bonds. The highest BCUT2D eigenvalue weighted by molar-refractivity contribution is 7.93. The molecule has 0 spiro atoms. The average molecular weight is 433 g/mol. The fourth-order valence-electron chi connectivity index (χ4n) is 2.55. The van der Waals surface area contributed by atoms with Crippen molar-refractivity contribution >= 4 is 31.4 Å². The third kappa shape index (κ3) is 4.87. The molecule has 0 saturated carbocycles. The fraction of sp³-hybridized carbons (Fsp3) is 0.100. The minimum Gasteiger partial charge on any atom is -0.497 e. The molecule has 2 N–H and O–H groups in total. The van der Waals surface area contributed by atoms with Crippen molar-refractivity contribution in [1.82, 2.24) is 0 Å². The Balaban J connectivity index is 1.89. The molecule has 7 nitrogen and oxygen atoms in total. The first kappa shape index (κ1) is 20.7. The standard InChI is InChI=1S/C20H20N2O5S2/c1-15-8-13-19(29(25,26)21-16-9-11-17(27-2)12-10-16)14-20(15)22-28(23,24)18-6-4-3-5-7-18/h3-14,21-22H,1-2H3. The molecule has 0 bridgehead atoms. The fourth-order valence-corrected chi connectivity index (χ4v) is 4.78. The summed E-state index contributed by atoms with van der Waals surface area (Å²) in [6, 6.07) is 18.5. The lowest BCUT2D eigenvalue weighted by Gasteiger charge is -2.14. The van der Waals surface area contributed by atoms with Gasteiger partial charge in [-0.2, -0.15) is 0 Å².